The summed E-state index contributed by atoms with van der Waals surface area (Å²) in [5, 5.41) is 4.32. The maximum atomic E-state index is 13.0. The Morgan fingerprint density at radius 3 is 2.44 bits per heavy atom. The molecular weight excluding hydrogens is 442 g/mol. The number of aromatic nitrogens is 1. The van der Waals surface area contributed by atoms with Crippen molar-refractivity contribution in [2.75, 3.05) is 27.2 Å². The van der Waals surface area contributed by atoms with Crippen LogP contribution in [0, 0.1) is 6.92 Å². The van der Waals surface area contributed by atoms with Gasteiger partial charge in [-0.1, -0.05) is 78.4 Å². The van der Waals surface area contributed by atoms with Crippen LogP contribution in [0.4, 0.5) is 0 Å². The van der Waals surface area contributed by atoms with E-state index in [-0.39, 0.29) is 24.2 Å². The van der Waals surface area contributed by atoms with E-state index in [0.29, 0.717) is 13.0 Å². The summed E-state index contributed by atoms with van der Waals surface area (Å²) in [6, 6.07) is 27.6. The lowest BCUT2D eigenvalue weighted by atomic mass is 9.87. The van der Waals surface area contributed by atoms with Crippen LogP contribution in [0.3, 0.4) is 0 Å². The van der Waals surface area contributed by atoms with E-state index < -0.39 is 0 Å². The minimum atomic E-state index is -0.00817. The van der Waals surface area contributed by atoms with Crippen LogP contribution in [0.5, 0.6) is 0 Å². The van der Waals surface area contributed by atoms with Crippen molar-refractivity contribution in [3.8, 4) is 0 Å². The predicted octanol–water partition coefficient (Wildman–Crippen LogP) is 5.62. The number of benzene rings is 3. The molecule has 0 fully saturated rings. The van der Waals surface area contributed by atoms with Gasteiger partial charge in [0.15, 0.2) is 0 Å². The Balaban J connectivity index is 0.00000324. The van der Waals surface area contributed by atoms with Crippen molar-refractivity contribution >= 4 is 29.2 Å². The van der Waals surface area contributed by atoms with Gasteiger partial charge < -0.3 is 14.8 Å². The number of carbonyl (C=O) groups is 1. The zero-order valence-electron chi connectivity index (χ0n) is 20.2. The molecule has 0 aliphatic heterocycles. The molecule has 1 unspecified atom stereocenters. The van der Waals surface area contributed by atoms with Crippen LogP contribution in [0.2, 0.25) is 0 Å². The minimum Gasteiger partial charge on any atom is -0.355 e. The average molecular weight is 476 g/mol. The number of fused-ring (bicyclic) bond motifs is 1. The first kappa shape index (κ1) is 25.5. The fourth-order valence-electron chi connectivity index (χ4n) is 4.43. The first-order valence-corrected chi connectivity index (χ1v) is 11.6. The number of aryl methyl sites for hydroxylation is 1. The first-order valence-electron chi connectivity index (χ1n) is 11.6. The Morgan fingerprint density at radius 2 is 1.71 bits per heavy atom. The molecule has 0 spiro atoms. The molecule has 4 nitrogen and oxygen atoms in total. The van der Waals surface area contributed by atoms with Crippen LogP contribution in [-0.4, -0.2) is 42.6 Å². The lowest BCUT2D eigenvalue weighted by Gasteiger charge is -2.18. The lowest BCUT2D eigenvalue weighted by Crippen LogP contribution is -2.32. The number of amides is 1. The Kier molecular flexibility index (Phi) is 8.91. The number of para-hydroxylation sites is 1. The average Bonchev–Trinajstić information content (AvgIpc) is 3.16. The van der Waals surface area contributed by atoms with Gasteiger partial charge in [0.1, 0.15) is 0 Å². The normalized spacial score (nSPS) is 11.9. The van der Waals surface area contributed by atoms with Crippen LogP contribution >= 0.6 is 12.4 Å². The number of hydrogen-bond acceptors (Lipinski definition) is 2. The van der Waals surface area contributed by atoms with Crippen molar-refractivity contribution in [1.29, 1.82) is 0 Å². The van der Waals surface area contributed by atoms with Gasteiger partial charge in [0.2, 0.25) is 5.91 Å². The lowest BCUT2D eigenvalue weighted by molar-refractivity contribution is -0.121. The van der Waals surface area contributed by atoms with Gasteiger partial charge >= 0.3 is 0 Å². The topological polar surface area (TPSA) is 37.3 Å². The van der Waals surface area contributed by atoms with Gasteiger partial charge in [0, 0.05) is 49.1 Å². The highest BCUT2D eigenvalue weighted by atomic mass is 35.5. The second kappa shape index (κ2) is 11.9. The van der Waals surface area contributed by atoms with Crippen LogP contribution < -0.4 is 5.32 Å². The highest BCUT2D eigenvalue weighted by molar-refractivity contribution is 5.87. The highest BCUT2D eigenvalue weighted by Crippen LogP contribution is 2.35. The summed E-state index contributed by atoms with van der Waals surface area (Å²) in [6.07, 6.45) is 2.67. The maximum absolute atomic E-state index is 13.0. The fraction of sp³-hybridized carbons (Fsp3) is 0.276. The SMILES string of the molecule is Cc1cccc(C(CC(=O)NCCN(C)C)c2cn(Cc3ccccc3)c3ccccc23)c1.Cl. The van der Waals surface area contributed by atoms with Gasteiger partial charge in [-0.05, 0) is 43.8 Å². The number of nitrogens with one attached hydrogen (secondary N) is 1. The molecule has 4 aromatic rings. The van der Waals surface area contributed by atoms with E-state index in [4.69, 9.17) is 0 Å². The molecule has 0 radical (unpaired) electrons. The van der Waals surface area contributed by atoms with Gasteiger partial charge in [-0.15, -0.1) is 12.4 Å². The second-order valence-electron chi connectivity index (χ2n) is 9.04. The number of likely N-dealkylation sites (N-methyl/N-ethyl adjacent to an activating group) is 1. The maximum Gasteiger partial charge on any atom is 0.220 e. The van der Waals surface area contributed by atoms with E-state index >= 15 is 0 Å². The Hall–Kier alpha value is -3.08. The Bertz CT molecular complexity index is 1220. The quantitative estimate of drug-likeness (QED) is 0.341. The van der Waals surface area contributed by atoms with Crippen LogP contribution in [-0.2, 0) is 11.3 Å². The van der Waals surface area contributed by atoms with Crippen LogP contribution in [0.1, 0.15) is 34.6 Å². The smallest absolute Gasteiger partial charge is 0.220 e. The van der Waals surface area contributed by atoms with Crippen molar-refractivity contribution in [1.82, 2.24) is 14.8 Å². The van der Waals surface area contributed by atoms with Crippen molar-refractivity contribution in [3.63, 3.8) is 0 Å². The molecule has 0 bridgehead atoms. The first-order chi connectivity index (χ1) is 16.0. The largest absolute Gasteiger partial charge is 0.355 e. The molecule has 1 heterocycles. The standard InChI is InChI=1S/C29H33N3O.ClH/c1-22-10-9-13-24(18-22)26(19-29(33)30-16-17-31(2)3)27-21-32(20-23-11-5-4-6-12-23)28-15-8-7-14-25(27)28;/h4-15,18,21,26H,16-17,19-20H2,1-3H3,(H,30,33);1H. The molecule has 178 valence electrons. The zero-order chi connectivity index (χ0) is 23.2. The third-order valence-electron chi connectivity index (χ3n) is 6.11. The molecule has 0 saturated carbocycles. The molecule has 1 aromatic heterocycles. The summed E-state index contributed by atoms with van der Waals surface area (Å²) >= 11 is 0. The number of hydrogen-bond donors (Lipinski definition) is 1. The highest BCUT2D eigenvalue weighted by Gasteiger charge is 2.23. The van der Waals surface area contributed by atoms with Crippen LogP contribution in [0.15, 0.2) is 85.1 Å². The number of rotatable bonds is 9. The summed E-state index contributed by atoms with van der Waals surface area (Å²) < 4.78 is 2.31. The molecule has 0 aliphatic carbocycles. The molecule has 0 aliphatic rings. The minimum absolute atomic E-state index is 0. The summed E-state index contributed by atoms with van der Waals surface area (Å²) in [5.74, 6) is 0.0782. The zero-order valence-corrected chi connectivity index (χ0v) is 21.0. The molecule has 0 saturated heterocycles. The van der Waals surface area contributed by atoms with E-state index in [1.54, 1.807) is 0 Å². The summed E-state index contributed by atoms with van der Waals surface area (Å²) in [4.78, 5) is 15.0. The van der Waals surface area contributed by atoms with E-state index in [1.165, 1.54) is 33.2 Å². The van der Waals surface area contributed by atoms with Gasteiger partial charge in [-0.3, -0.25) is 4.79 Å². The van der Waals surface area contributed by atoms with E-state index in [2.05, 4.69) is 101 Å². The molecule has 3 aromatic carbocycles. The second-order valence-corrected chi connectivity index (χ2v) is 9.04. The summed E-state index contributed by atoms with van der Waals surface area (Å²) in [6.45, 7) is 4.40. The summed E-state index contributed by atoms with van der Waals surface area (Å²) in [5.41, 5.74) is 6.05. The number of halogens is 1. The van der Waals surface area contributed by atoms with Gasteiger partial charge in [-0.25, -0.2) is 0 Å². The van der Waals surface area contributed by atoms with Gasteiger partial charge in [-0.2, -0.15) is 0 Å². The molecule has 1 amide bonds. The molecule has 4 rings (SSSR count). The molecule has 5 heteroatoms. The fourth-order valence-corrected chi connectivity index (χ4v) is 4.43. The molecule has 1 N–H and O–H groups in total. The third kappa shape index (κ3) is 6.28. The molecule has 34 heavy (non-hydrogen) atoms. The van der Waals surface area contributed by atoms with Gasteiger partial charge in [0.25, 0.3) is 0 Å². The number of carbonyl (C=O) groups excluding carboxylic acids is 1. The third-order valence-corrected chi connectivity index (χ3v) is 6.11. The number of nitrogens with zero attached hydrogens (tertiary/aromatic N) is 2. The Labute approximate surface area is 209 Å². The van der Waals surface area contributed by atoms with Crippen LogP contribution in [0.25, 0.3) is 10.9 Å². The summed E-state index contributed by atoms with van der Waals surface area (Å²) in [7, 11) is 4.03. The van der Waals surface area contributed by atoms with Gasteiger partial charge in [0.05, 0.1) is 0 Å². The molecular formula is C29H34ClN3O. The van der Waals surface area contributed by atoms with E-state index in [1.807, 2.05) is 20.2 Å². The Morgan fingerprint density at radius 1 is 0.971 bits per heavy atom. The predicted molar refractivity (Wildman–Crippen MR) is 144 cm³/mol. The van der Waals surface area contributed by atoms with Crippen molar-refractivity contribution < 1.29 is 4.79 Å². The monoisotopic (exact) mass is 475 g/mol. The van der Waals surface area contributed by atoms with Crippen molar-refractivity contribution in [2.45, 2.75) is 25.8 Å². The van der Waals surface area contributed by atoms with E-state index in [0.717, 1.165) is 13.1 Å². The van der Waals surface area contributed by atoms with Crippen molar-refractivity contribution in [3.05, 3.63) is 107 Å². The van der Waals surface area contributed by atoms with Crippen molar-refractivity contribution in [2.24, 2.45) is 0 Å². The van der Waals surface area contributed by atoms with E-state index in [9.17, 15) is 4.79 Å². The molecule has 1 atom stereocenters.